The summed E-state index contributed by atoms with van der Waals surface area (Å²) in [4.78, 5) is 2.64. The minimum atomic E-state index is 0.679. The molecule has 2 heteroatoms. The molecule has 1 aliphatic heterocycles. The van der Waals surface area contributed by atoms with Crippen LogP contribution in [0.1, 0.15) is 46.0 Å². The molecule has 0 radical (unpaired) electrons. The molecule has 2 nitrogen and oxygen atoms in total. The summed E-state index contributed by atoms with van der Waals surface area (Å²) >= 11 is 0. The van der Waals surface area contributed by atoms with Crippen molar-refractivity contribution < 1.29 is 0 Å². The highest BCUT2D eigenvalue weighted by molar-refractivity contribution is 4.76. The van der Waals surface area contributed by atoms with E-state index in [4.69, 9.17) is 5.73 Å². The van der Waals surface area contributed by atoms with Crippen LogP contribution in [0.4, 0.5) is 0 Å². The highest BCUT2D eigenvalue weighted by Crippen LogP contribution is 2.19. The maximum absolute atomic E-state index is 5.59. The SMILES string of the molecule is CC(CCN)N1CCCCCC1C. The molecular formula is C11H24N2. The van der Waals surface area contributed by atoms with Crippen LogP contribution in [-0.2, 0) is 0 Å². The van der Waals surface area contributed by atoms with Crippen molar-refractivity contribution in [3.8, 4) is 0 Å². The van der Waals surface area contributed by atoms with Crippen molar-refractivity contribution in [2.45, 2.75) is 58.0 Å². The molecule has 1 saturated heterocycles. The Morgan fingerprint density at radius 3 is 2.85 bits per heavy atom. The summed E-state index contributed by atoms with van der Waals surface area (Å²) < 4.78 is 0. The first-order valence-electron chi connectivity index (χ1n) is 5.71. The van der Waals surface area contributed by atoms with E-state index in [-0.39, 0.29) is 0 Å². The first-order valence-corrected chi connectivity index (χ1v) is 5.71. The molecule has 1 rings (SSSR count). The van der Waals surface area contributed by atoms with Gasteiger partial charge in [-0.05, 0) is 46.2 Å². The van der Waals surface area contributed by atoms with Gasteiger partial charge in [-0.1, -0.05) is 12.8 Å². The number of hydrogen-bond acceptors (Lipinski definition) is 2. The second kappa shape index (κ2) is 5.61. The lowest BCUT2D eigenvalue weighted by atomic mass is 10.1. The van der Waals surface area contributed by atoms with Gasteiger partial charge in [0.15, 0.2) is 0 Å². The molecular weight excluding hydrogens is 160 g/mol. The summed E-state index contributed by atoms with van der Waals surface area (Å²) in [6.45, 7) is 6.78. The molecule has 13 heavy (non-hydrogen) atoms. The van der Waals surface area contributed by atoms with Gasteiger partial charge in [-0.25, -0.2) is 0 Å². The van der Waals surface area contributed by atoms with Gasteiger partial charge in [0.05, 0.1) is 0 Å². The van der Waals surface area contributed by atoms with Crippen LogP contribution in [0.2, 0.25) is 0 Å². The molecule has 0 aromatic heterocycles. The standard InChI is InChI=1S/C11H24N2/c1-10-6-4-3-5-9-13(10)11(2)7-8-12/h10-11H,3-9,12H2,1-2H3. The van der Waals surface area contributed by atoms with E-state index in [1.165, 1.54) is 32.2 Å². The van der Waals surface area contributed by atoms with Crippen molar-refractivity contribution in [1.29, 1.82) is 0 Å². The summed E-state index contributed by atoms with van der Waals surface area (Å²) in [6.07, 6.45) is 6.71. The van der Waals surface area contributed by atoms with Gasteiger partial charge in [-0.15, -0.1) is 0 Å². The van der Waals surface area contributed by atoms with E-state index >= 15 is 0 Å². The molecule has 0 bridgehead atoms. The Labute approximate surface area is 82.5 Å². The molecule has 0 aromatic rings. The molecule has 1 heterocycles. The zero-order valence-corrected chi connectivity index (χ0v) is 9.13. The van der Waals surface area contributed by atoms with Crippen molar-refractivity contribution in [2.24, 2.45) is 5.73 Å². The summed E-state index contributed by atoms with van der Waals surface area (Å²) in [5.41, 5.74) is 5.59. The molecule has 78 valence electrons. The summed E-state index contributed by atoms with van der Waals surface area (Å²) in [5, 5.41) is 0. The normalized spacial score (nSPS) is 28.4. The predicted molar refractivity (Wildman–Crippen MR) is 57.8 cm³/mol. The first kappa shape index (κ1) is 11.0. The van der Waals surface area contributed by atoms with Gasteiger partial charge < -0.3 is 5.73 Å². The Morgan fingerprint density at radius 1 is 1.38 bits per heavy atom. The van der Waals surface area contributed by atoms with Crippen molar-refractivity contribution in [2.75, 3.05) is 13.1 Å². The van der Waals surface area contributed by atoms with Gasteiger partial charge in [-0.2, -0.15) is 0 Å². The largest absolute Gasteiger partial charge is 0.330 e. The zero-order valence-electron chi connectivity index (χ0n) is 9.13. The third-order valence-electron chi connectivity index (χ3n) is 3.25. The molecule has 0 aromatic carbocycles. The van der Waals surface area contributed by atoms with Gasteiger partial charge in [0.25, 0.3) is 0 Å². The molecule has 0 amide bonds. The van der Waals surface area contributed by atoms with Gasteiger partial charge >= 0.3 is 0 Å². The maximum Gasteiger partial charge on any atom is 0.00817 e. The lowest BCUT2D eigenvalue weighted by Gasteiger charge is -2.32. The van der Waals surface area contributed by atoms with E-state index in [9.17, 15) is 0 Å². The quantitative estimate of drug-likeness (QED) is 0.727. The molecule has 0 aliphatic carbocycles. The van der Waals surface area contributed by atoms with Crippen LogP contribution >= 0.6 is 0 Å². The van der Waals surface area contributed by atoms with Crippen LogP contribution < -0.4 is 5.73 Å². The Balaban J connectivity index is 2.43. The van der Waals surface area contributed by atoms with Gasteiger partial charge in [0, 0.05) is 12.1 Å². The van der Waals surface area contributed by atoms with E-state index in [0.29, 0.717) is 6.04 Å². The molecule has 0 spiro atoms. The summed E-state index contributed by atoms with van der Waals surface area (Å²) in [6, 6.07) is 1.45. The Bertz CT molecular complexity index is 136. The first-order chi connectivity index (χ1) is 6.25. The lowest BCUT2D eigenvalue weighted by molar-refractivity contribution is 0.152. The van der Waals surface area contributed by atoms with Gasteiger partial charge in [0.2, 0.25) is 0 Å². The topological polar surface area (TPSA) is 29.3 Å². The van der Waals surface area contributed by atoms with Crippen molar-refractivity contribution >= 4 is 0 Å². The molecule has 2 N–H and O–H groups in total. The van der Waals surface area contributed by atoms with E-state index in [0.717, 1.165) is 19.0 Å². The third-order valence-corrected chi connectivity index (χ3v) is 3.25. The molecule has 1 aliphatic rings. The average Bonchev–Trinajstić information content (AvgIpc) is 2.30. The number of rotatable bonds is 3. The Morgan fingerprint density at radius 2 is 2.15 bits per heavy atom. The number of nitrogens with zero attached hydrogens (tertiary/aromatic N) is 1. The third kappa shape index (κ3) is 3.28. The van der Waals surface area contributed by atoms with Crippen molar-refractivity contribution in [1.82, 2.24) is 4.90 Å². The molecule has 0 saturated carbocycles. The number of likely N-dealkylation sites (tertiary alicyclic amines) is 1. The minimum Gasteiger partial charge on any atom is -0.330 e. The van der Waals surface area contributed by atoms with Crippen LogP contribution in [-0.4, -0.2) is 30.1 Å². The number of hydrogen-bond donors (Lipinski definition) is 1. The minimum absolute atomic E-state index is 0.679. The fourth-order valence-electron chi connectivity index (χ4n) is 2.36. The van der Waals surface area contributed by atoms with Crippen LogP contribution in [0.5, 0.6) is 0 Å². The second-order valence-corrected chi connectivity index (χ2v) is 4.36. The fourth-order valence-corrected chi connectivity index (χ4v) is 2.36. The van der Waals surface area contributed by atoms with Crippen LogP contribution in [0.15, 0.2) is 0 Å². The molecule has 1 fully saturated rings. The van der Waals surface area contributed by atoms with E-state index in [2.05, 4.69) is 18.7 Å². The van der Waals surface area contributed by atoms with E-state index in [1.54, 1.807) is 0 Å². The van der Waals surface area contributed by atoms with Gasteiger partial charge in [0.1, 0.15) is 0 Å². The molecule has 2 unspecified atom stereocenters. The van der Waals surface area contributed by atoms with Crippen LogP contribution in [0.25, 0.3) is 0 Å². The van der Waals surface area contributed by atoms with Crippen LogP contribution in [0.3, 0.4) is 0 Å². The molecule has 2 atom stereocenters. The summed E-state index contributed by atoms with van der Waals surface area (Å²) in [7, 11) is 0. The summed E-state index contributed by atoms with van der Waals surface area (Å²) in [5.74, 6) is 0. The maximum atomic E-state index is 5.59. The second-order valence-electron chi connectivity index (χ2n) is 4.36. The van der Waals surface area contributed by atoms with E-state index in [1.807, 2.05) is 0 Å². The fraction of sp³-hybridized carbons (Fsp3) is 1.00. The van der Waals surface area contributed by atoms with Gasteiger partial charge in [-0.3, -0.25) is 4.90 Å². The smallest absolute Gasteiger partial charge is 0.00817 e. The van der Waals surface area contributed by atoms with E-state index < -0.39 is 0 Å². The zero-order chi connectivity index (χ0) is 9.68. The van der Waals surface area contributed by atoms with Crippen LogP contribution in [0, 0.1) is 0 Å². The monoisotopic (exact) mass is 184 g/mol. The highest BCUT2D eigenvalue weighted by atomic mass is 15.2. The number of nitrogens with two attached hydrogens (primary N) is 1. The predicted octanol–water partition coefficient (Wildman–Crippen LogP) is 1.99. The Hall–Kier alpha value is -0.0800. The highest BCUT2D eigenvalue weighted by Gasteiger charge is 2.20. The average molecular weight is 184 g/mol. The van der Waals surface area contributed by atoms with Crippen molar-refractivity contribution in [3.63, 3.8) is 0 Å². The Kier molecular flexibility index (Phi) is 4.74. The van der Waals surface area contributed by atoms with Crippen molar-refractivity contribution in [3.05, 3.63) is 0 Å². The lowest BCUT2D eigenvalue weighted by Crippen LogP contribution is -2.40.